The van der Waals surface area contributed by atoms with E-state index in [0.29, 0.717) is 5.88 Å². The summed E-state index contributed by atoms with van der Waals surface area (Å²) >= 11 is 5.72. The van der Waals surface area contributed by atoms with Crippen molar-refractivity contribution in [2.45, 2.75) is 26.1 Å². The maximum atomic E-state index is 6.07. The highest BCUT2D eigenvalue weighted by atomic mass is 35.5. The Kier molecular flexibility index (Phi) is 5.09. The molecular weight excluding hydrogens is 236 g/mol. The van der Waals surface area contributed by atoms with E-state index in [0.717, 1.165) is 17.7 Å². The summed E-state index contributed by atoms with van der Waals surface area (Å²) in [5, 5.41) is 0. The van der Waals surface area contributed by atoms with Crippen LogP contribution in [0.5, 0.6) is 0 Å². The Morgan fingerprint density at radius 3 is 2.38 bits per heavy atom. The standard InChI is InChI=1S/C13H19ClOSi/c1-16(2,3)15-13(10-7-11-14)12-8-5-4-6-9-12/h4-6,8-10H,7,11H2,1-3H3/b13-10-. The lowest BCUT2D eigenvalue weighted by Gasteiger charge is -2.22. The second kappa shape index (κ2) is 6.11. The van der Waals surface area contributed by atoms with Crippen LogP contribution in [0.4, 0.5) is 0 Å². The Morgan fingerprint density at radius 1 is 1.25 bits per heavy atom. The predicted molar refractivity (Wildman–Crippen MR) is 74.2 cm³/mol. The van der Waals surface area contributed by atoms with Crippen LogP contribution >= 0.6 is 11.6 Å². The maximum Gasteiger partial charge on any atom is 0.242 e. The fraction of sp³-hybridized carbons (Fsp3) is 0.385. The van der Waals surface area contributed by atoms with Crippen molar-refractivity contribution in [3.8, 4) is 0 Å². The first kappa shape index (κ1) is 13.3. The molecule has 0 amide bonds. The first-order valence-electron chi connectivity index (χ1n) is 5.53. The summed E-state index contributed by atoms with van der Waals surface area (Å²) in [5.41, 5.74) is 1.13. The molecule has 1 rings (SSSR count). The van der Waals surface area contributed by atoms with Crippen LogP contribution in [-0.4, -0.2) is 14.2 Å². The van der Waals surface area contributed by atoms with Gasteiger partial charge in [-0.05, 0) is 32.1 Å². The van der Waals surface area contributed by atoms with Crippen molar-refractivity contribution in [2.75, 3.05) is 5.88 Å². The Morgan fingerprint density at radius 2 is 1.88 bits per heavy atom. The molecule has 1 aromatic carbocycles. The zero-order chi connectivity index (χ0) is 12.0. The minimum atomic E-state index is -1.56. The molecule has 0 spiro atoms. The highest BCUT2D eigenvalue weighted by Gasteiger charge is 2.18. The van der Waals surface area contributed by atoms with E-state index in [1.807, 2.05) is 18.2 Å². The minimum absolute atomic E-state index is 0.630. The average Bonchev–Trinajstić information content (AvgIpc) is 2.24. The van der Waals surface area contributed by atoms with Crippen molar-refractivity contribution >= 4 is 25.7 Å². The van der Waals surface area contributed by atoms with E-state index in [1.54, 1.807) is 0 Å². The van der Waals surface area contributed by atoms with Crippen LogP contribution in [0, 0.1) is 0 Å². The van der Waals surface area contributed by atoms with Crippen molar-refractivity contribution in [3.05, 3.63) is 42.0 Å². The van der Waals surface area contributed by atoms with Gasteiger partial charge in [0.25, 0.3) is 0 Å². The topological polar surface area (TPSA) is 9.23 Å². The molecule has 0 N–H and O–H groups in total. The van der Waals surface area contributed by atoms with E-state index in [9.17, 15) is 0 Å². The van der Waals surface area contributed by atoms with E-state index >= 15 is 0 Å². The fourth-order valence-corrected chi connectivity index (χ4v) is 2.31. The van der Waals surface area contributed by atoms with Crippen LogP contribution in [0.3, 0.4) is 0 Å². The first-order valence-corrected chi connectivity index (χ1v) is 9.48. The third-order valence-electron chi connectivity index (χ3n) is 1.91. The number of benzene rings is 1. The molecule has 0 atom stereocenters. The quantitative estimate of drug-likeness (QED) is 0.427. The molecule has 0 aliphatic rings. The molecule has 88 valence electrons. The number of halogens is 1. The lowest BCUT2D eigenvalue weighted by Crippen LogP contribution is -2.24. The van der Waals surface area contributed by atoms with E-state index in [-0.39, 0.29) is 0 Å². The van der Waals surface area contributed by atoms with Gasteiger partial charge in [0.05, 0.1) is 0 Å². The van der Waals surface area contributed by atoms with Gasteiger partial charge in [-0.2, -0.15) is 0 Å². The molecular formula is C13H19ClOSi. The van der Waals surface area contributed by atoms with Gasteiger partial charge in [0.15, 0.2) is 0 Å². The largest absolute Gasteiger partial charge is 0.544 e. The molecule has 0 unspecified atom stereocenters. The van der Waals surface area contributed by atoms with Crippen LogP contribution in [0.15, 0.2) is 36.4 Å². The summed E-state index contributed by atoms with van der Waals surface area (Å²) in [7, 11) is -1.56. The van der Waals surface area contributed by atoms with Crippen LogP contribution in [0.25, 0.3) is 5.76 Å². The van der Waals surface area contributed by atoms with Gasteiger partial charge in [0, 0.05) is 11.4 Å². The fourth-order valence-electron chi connectivity index (χ4n) is 1.34. The highest BCUT2D eigenvalue weighted by Crippen LogP contribution is 2.21. The monoisotopic (exact) mass is 254 g/mol. The first-order chi connectivity index (χ1) is 7.53. The van der Waals surface area contributed by atoms with Crippen molar-refractivity contribution < 1.29 is 4.43 Å². The van der Waals surface area contributed by atoms with E-state index in [4.69, 9.17) is 16.0 Å². The molecule has 0 radical (unpaired) electrons. The third kappa shape index (κ3) is 4.86. The SMILES string of the molecule is C[Si](C)(C)O/C(=C\CCCl)c1ccccc1. The van der Waals surface area contributed by atoms with Crippen LogP contribution in [-0.2, 0) is 4.43 Å². The summed E-state index contributed by atoms with van der Waals surface area (Å²) in [6.45, 7) is 6.55. The van der Waals surface area contributed by atoms with E-state index < -0.39 is 8.32 Å². The van der Waals surface area contributed by atoms with Gasteiger partial charge in [-0.1, -0.05) is 30.3 Å². The van der Waals surface area contributed by atoms with Gasteiger partial charge in [-0.25, -0.2) is 0 Å². The summed E-state index contributed by atoms with van der Waals surface area (Å²) in [6.07, 6.45) is 2.93. The Hall–Kier alpha value is -0.733. The summed E-state index contributed by atoms with van der Waals surface area (Å²) < 4.78 is 6.07. The Balaban J connectivity index is 2.89. The van der Waals surface area contributed by atoms with Crippen molar-refractivity contribution in [2.24, 2.45) is 0 Å². The lowest BCUT2D eigenvalue weighted by molar-refractivity contribution is 0.512. The lowest BCUT2D eigenvalue weighted by atomic mass is 10.2. The number of hydrogen-bond donors (Lipinski definition) is 0. The van der Waals surface area contributed by atoms with Gasteiger partial charge >= 0.3 is 0 Å². The molecule has 0 saturated heterocycles. The van der Waals surface area contributed by atoms with Gasteiger partial charge in [0.1, 0.15) is 5.76 Å². The maximum absolute atomic E-state index is 6.07. The smallest absolute Gasteiger partial charge is 0.242 e. The van der Waals surface area contributed by atoms with Crippen molar-refractivity contribution in [1.29, 1.82) is 0 Å². The molecule has 0 fully saturated rings. The van der Waals surface area contributed by atoms with Gasteiger partial charge < -0.3 is 4.43 Å². The predicted octanol–water partition coefficient (Wildman–Crippen LogP) is 4.51. The highest BCUT2D eigenvalue weighted by molar-refractivity contribution is 6.70. The Bertz CT molecular complexity index is 341. The van der Waals surface area contributed by atoms with Gasteiger partial charge in [0.2, 0.25) is 8.32 Å². The van der Waals surface area contributed by atoms with E-state index in [1.165, 1.54) is 0 Å². The molecule has 16 heavy (non-hydrogen) atoms. The number of hydrogen-bond acceptors (Lipinski definition) is 1. The van der Waals surface area contributed by atoms with Crippen molar-refractivity contribution in [3.63, 3.8) is 0 Å². The molecule has 0 aliphatic heterocycles. The van der Waals surface area contributed by atoms with Crippen LogP contribution in [0.2, 0.25) is 19.6 Å². The van der Waals surface area contributed by atoms with Crippen molar-refractivity contribution in [1.82, 2.24) is 0 Å². The zero-order valence-corrected chi connectivity index (χ0v) is 11.9. The Labute approximate surface area is 104 Å². The second-order valence-electron chi connectivity index (χ2n) is 4.63. The third-order valence-corrected chi connectivity index (χ3v) is 2.96. The molecule has 0 aromatic heterocycles. The molecule has 1 aromatic rings. The van der Waals surface area contributed by atoms with Crippen LogP contribution in [0.1, 0.15) is 12.0 Å². The molecule has 0 heterocycles. The second-order valence-corrected chi connectivity index (χ2v) is 9.43. The zero-order valence-electron chi connectivity index (χ0n) is 10.2. The average molecular weight is 255 g/mol. The molecule has 1 nitrogen and oxygen atoms in total. The summed E-state index contributed by atoms with van der Waals surface area (Å²) in [5.74, 6) is 1.60. The normalized spacial score (nSPS) is 12.6. The molecule has 0 aliphatic carbocycles. The molecule has 0 saturated carbocycles. The van der Waals surface area contributed by atoms with Crippen LogP contribution < -0.4 is 0 Å². The molecule has 0 bridgehead atoms. The summed E-state index contributed by atoms with van der Waals surface area (Å²) in [4.78, 5) is 0. The molecule has 3 heteroatoms. The number of alkyl halides is 1. The van der Waals surface area contributed by atoms with Gasteiger partial charge in [-0.15, -0.1) is 11.6 Å². The van der Waals surface area contributed by atoms with Gasteiger partial charge in [-0.3, -0.25) is 0 Å². The number of allylic oxidation sites excluding steroid dienone is 1. The van der Waals surface area contributed by atoms with E-state index in [2.05, 4.69) is 37.8 Å². The summed E-state index contributed by atoms with van der Waals surface area (Å²) in [6, 6.07) is 10.2. The number of rotatable bonds is 5. The minimum Gasteiger partial charge on any atom is -0.544 e.